The van der Waals surface area contributed by atoms with Crippen LogP contribution >= 0.6 is 0 Å². The summed E-state index contributed by atoms with van der Waals surface area (Å²) in [6.45, 7) is 9.79. The highest BCUT2D eigenvalue weighted by Gasteiger charge is 2.28. The van der Waals surface area contributed by atoms with E-state index in [-0.39, 0.29) is 18.4 Å². The lowest BCUT2D eigenvalue weighted by atomic mass is 10.1. The predicted molar refractivity (Wildman–Crippen MR) is 95.8 cm³/mol. The highest BCUT2D eigenvalue weighted by atomic mass is 16.3. The summed E-state index contributed by atoms with van der Waals surface area (Å²) in [6, 6.07) is 8.45. The highest BCUT2D eigenvalue weighted by Crippen LogP contribution is 2.25. The van der Waals surface area contributed by atoms with Crippen LogP contribution in [0.3, 0.4) is 0 Å². The van der Waals surface area contributed by atoms with Crippen LogP contribution in [0.2, 0.25) is 0 Å². The number of carbonyl (C=O) groups is 1. The third-order valence-corrected chi connectivity index (χ3v) is 4.96. The molecule has 1 aromatic carbocycles. The molecule has 4 heteroatoms. The lowest BCUT2D eigenvalue weighted by Gasteiger charge is -2.17. The molecular formula is C20H26N2O2. The molecule has 3 rings (SSSR count). The van der Waals surface area contributed by atoms with E-state index in [2.05, 4.69) is 36.6 Å². The van der Waals surface area contributed by atoms with Crippen molar-refractivity contribution in [1.82, 2.24) is 9.47 Å². The summed E-state index contributed by atoms with van der Waals surface area (Å²) in [4.78, 5) is 14.8. The second-order valence-electron chi connectivity index (χ2n) is 7.05. The van der Waals surface area contributed by atoms with Gasteiger partial charge in [-0.05, 0) is 63.4 Å². The molecule has 2 aromatic rings. The number of amides is 1. The van der Waals surface area contributed by atoms with Gasteiger partial charge in [0.2, 0.25) is 0 Å². The van der Waals surface area contributed by atoms with Gasteiger partial charge >= 0.3 is 0 Å². The molecule has 0 saturated carbocycles. The summed E-state index contributed by atoms with van der Waals surface area (Å²) in [5, 5.41) is 9.30. The Morgan fingerprint density at radius 3 is 2.38 bits per heavy atom. The predicted octanol–water partition coefficient (Wildman–Crippen LogP) is 3.17. The monoisotopic (exact) mass is 326 g/mol. The molecule has 1 saturated heterocycles. The zero-order chi connectivity index (χ0) is 17.4. The maximum Gasteiger partial charge on any atom is 0.255 e. The largest absolute Gasteiger partial charge is 0.396 e. The molecule has 1 N–H and O–H groups in total. The highest BCUT2D eigenvalue weighted by molar-refractivity contribution is 5.96. The van der Waals surface area contributed by atoms with Crippen LogP contribution in [0.1, 0.15) is 39.3 Å². The van der Waals surface area contributed by atoms with Gasteiger partial charge in [0.15, 0.2) is 0 Å². The molecule has 0 bridgehead atoms. The first kappa shape index (κ1) is 16.8. The van der Waals surface area contributed by atoms with Gasteiger partial charge in [0, 0.05) is 42.7 Å². The fourth-order valence-electron chi connectivity index (χ4n) is 3.79. The van der Waals surface area contributed by atoms with E-state index in [1.165, 1.54) is 11.1 Å². The van der Waals surface area contributed by atoms with E-state index in [1.54, 1.807) is 0 Å². The van der Waals surface area contributed by atoms with E-state index in [1.807, 2.05) is 24.8 Å². The Morgan fingerprint density at radius 1 is 1.12 bits per heavy atom. The van der Waals surface area contributed by atoms with E-state index in [9.17, 15) is 9.90 Å². The minimum Gasteiger partial charge on any atom is -0.396 e. The number of hydrogen-bond donors (Lipinski definition) is 1. The van der Waals surface area contributed by atoms with Crippen LogP contribution in [-0.2, 0) is 0 Å². The average Bonchev–Trinajstić information content (AvgIpc) is 3.10. The van der Waals surface area contributed by atoms with Crippen molar-refractivity contribution in [3.63, 3.8) is 0 Å². The molecule has 1 amide bonds. The molecule has 1 atom stereocenters. The van der Waals surface area contributed by atoms with Gasteiger partial charge in [-0.2, -0.15) is 0 Å². The molecule has 1 fully saturated rings. The Kier molecular flexibility index (Phi) is 4.50. The summed E-state index contributed by atoms with van der Waals surface area (Å²) >= 11 is 0. The zero-order valence-electron chi connectivity index (χ0n) is 15.0. The molecule has 0 aliphatic carbocycles. The van der Waals surface area contributed by atoms with Crippen LogP contribution in [0.4, 0.5) is 0 Å². The van der Waals surface area contributed by atoms with Crippen molar-refractivity contribution in [2.24, 2.45) is 5.92 Å². The van der Waals surface area contributed by atoms with Gasteiger partial charge in [0.1, 0.15) is 0 Å². The number of carbonyl (C=O) groups excluding carboxylic acids is 1. The normalized spacial score (nSPS) is 17.5. The summed E-state index contributed by atoms with van der Waals surface area (Å²) in [5.41, 5.74) is 6.36. The number of aliphatic hydroxyl groups excluding tert-OH is 1. The first-order valence-corrected chi connectivity index (χ1v) is 8.58. The summed E-state index contributed by atoms with van der Waals surface area (Å²) < 4.78 is 2.16. The van der Waals surface area contributed by atoms with Gasteiger partial charge in [0.05, 0.1) is 5.56 Å². The Balaban J connectivity index is 1.96. The van der Waals surface area contributed by atoms with Crippen molar-refractivity contribution < 1.29 is 9.90 Å². The maximum absolute atomic E-state index is 12.9. The molecule has 1 unspecified atom stereocenters. The van der Waals surface area contributed by atoms with Crippen molar-refractivity contribution in [3.8, 4) is 5.69 Å². The van der Waals surface area contributed by atoms with Crippen molar-refractivity contribution >= 4 is 5.91 Å². The van der Waals surface area contributed by atoms with Gasteiger partial charge in [-0.1, -0.05) is 6.07 Å². The lowest BCUT2D eigenvalue weighted by molar-refractivity contribution is 0.0781. The number of rotatable bonds is 3. The second-order valence-corrected chi connectivity index (χ2v) is 7.05. The van der Waals surface area contributed by atoms with Crippen LogP contribution in [0, 0.1) is 33.6 Å². The lowest BCUT2D eigenvalue weighted by Crippen LogP contribution is -2.29. The van der Waals surface area contributed by atoms with Crippen LogP contribution in [-0.4, -0.2) is 40.2 Å². The van der Waals surface area contributed by atoms with E-state index >= 15 is 0 Å². The summed E-state index contributed by atoms with van der Waals surface area (Å²) in [7, 11) is 0. The Bertz CT molecular complexity index is 756. The number of nitrogens with zero attached hydrogens (tertiary/aromatic N) is 2. The van der Waals surface area contributed by atoms with Crippen LogP contribution in [0.5, 0.6) is 0 Å². The number of aliphatic hydroxyl groups is 1. The smallest absolute Gasteiger partial charge is 0.255 e. The number of likely N-dealkylation sites (tertiary alicyclic amines) is 1. The first-order valence-electron chi connectivity index (χ1n) is 8.58. The van der Waals surface area contributed by atoms with Crippen molar-refractivity contribution in [2.45, 2.75) is 34.1 Å². The molecule has 4 nitrogen and oxygen atoms in total. The number of hydrogen-bond acceptors (Lipinski definition) is 2. The molecule has 1 aliphatic heterocycles. The number of aryl methyl sites for hydroxylation is 3. The Hall–Kier alpha value is -2.07. The zero-order valence-corrected chi connectivity index (χ0v) is 15.0. The van der Waals surface area contributed by atoms with Gasteiger partial charge in [-0.25, -0.2) is 0 Å². The summed E-state index contributed by atoms with van der Waals surface area (Å²) in [5.74, 6) is 0.298. The minimum atomic E-state index is 0.0784. The fraction of sp³-hybridized carbons (Fsp3) is 0.450. The third kappa shape index (κ3) is 2.98. The molecule has 0 radical (unpaired) electrons. The second kappa shape index (κ2) is 6.44. The molecule has 128 valence electrons. The van der Waals surface area contributed by atoms with Crippen molar-refractivity contribution in [3.05, 3.63) is 52.3 Å². The Labute approximate surface area is 143 Å². The SMILES string of the molecule is Cc1cc(C)cc(-n2c(C)cc(C(=O)N3CCC(CO)C3)c2C)c1. The maximum atomic E-state index is 12.9. The molecule has 2 heterocycles. The van der Waals surface area contributed by atoms with Crippen LogP contribution in [0.15, 0.2) is 24.3 Å². The Morgan fingerprint density at radius 2 is 1.79 bits per heavy atom. The quantitative estimate of drug-likeness (QED) is 0.942. The third-order valence-electron chi connectivity index (χ3n) is 4.96. The van der Waals surface area contributed by atoms with E-state index in [0.717, 1.165) is 35.6 Å². The molecular weight excluding hydrogens is 300 g/mol. The summed E-state index contributed by atoms with van der Waals surface area (Å²) in [6.07, 6.45) is 0.887. The first-order chi connectivity index (χ1) is 11.4. The average molecular weight is 326 g/mol. The molecule has 24 heavy (non-hydrogen) atoms. The molecule has 1 aromatic heterocycles. The van der Waals surface area contributed by atoms with Crippen molar-refractivity contribution in [1.29, 1.82) is 0 Å². The van der Waals surface area contributed by atoms with E-state index in [0.29, 0.717) is 6.54 Å². The topological polar surface area (TPSA) is 45.5 Å². The van der Waals surface area contributed by atoms with Gasteiger partial charge < -0.3 is 14.6 Å². The van der Waals surface area contributed by atoms with E-state index in [4.69, 9.17) is 0 Å². The minimum absolute atomic E-state index is 0.0784. The molecule has 1 aliphatic rings. The van der Waals surface area contributed by atoms with Crippen LogP contribution < -0.4 is 0 Å². The molecule has 0 spiro atoms. The van der Waals surface area contributed by atoms with Gasteiger partial charge in [-0.3, -0.25) is 4.79 Å². The number of aromatic nitrogens is 1. The number of benzene rings is 1. The van der Waals surface area contributed by atoms with Gasteiger partial charge in [0.25, 0.3) is 5.91 Å². The van der Waals surface area contributed by atoms with E-state index < -0.39 is 0 Å². The standard InChI is InChI=1S/C20H26N2O2/c1-13-7-14(2)9-18(8-13)22-15(3)10-19(16(22)4)20(24)21-6-5-17(11-21)12-23/h7-10,17,23H,5-6,11-12H2,1-4H3. The fourth-order valence-corrected chi connectivity index (χ4v) is 3.79. The van der Waals surface area contributed by atoms with Crippen molar-refractivity contribution in [2.75, 3.05) is 19.7 Å². The van der Waals surface area contributed by atoms with Crippen LogP contribution in [0.25, 0.3) is 5.69 Å². The van der Waals surface area contributed by atoms with Gasteiger partial charge in [-0.15, -0.1) is 0 Å².